The largest absolute Gasteiger partial charge is 0.391 e. The third-order valence-corrected chi connectivity index (χ3v) is 2.98. The first-order valence-corrected chi connectivity index (χ1v) is 6.49. The van der Waals surface area contributed by atoms with Gasteiger partial charge < -0.3 is 16.2 Å². The maximum Gasteiger partial charge on any atom is 0.237 e. The van der Waals surface area contributed by atoms with Crippen molar-refractivity contribution in [3.05, 3.63) is 0 Å². The fraction of sp³-hybridized carbons (Fsp3) is 0.923. The average Bonchev–Trinajstić information content (AvgIpc) is 2.95. The molecule has 0 aromatic rings. The molecule has 0 heterocycles. The molecule has 17 heavy (non-hydrogen) atoms. The van der Waals surface area contributed by atoms with Crippen LogP contribution in [0.5, 0.6) is 0 Å². The zero-order valence-electron chi connectivity index (χ0n) is 11.2. The smallest absolute Gasteiger partial charge is 0.237 e. The Morgan fingerprint density at radius 3 is 2.53 bits per heavy atom. The van der Waals surface area contributed by atoms with Crippen molar-refractivity contribution in [2.24, 2.45) is 17.1 Å². The number of carbonyl (C=O) groups excluding carboxylic acids is 1. The van der Waals surface area contributed by atoms with E-state index in [1.807, 2.05) is 0 Å². The normalized spacial score (nSPS) is 19.8. The van der Waals surface area contributed by atoms with Gasteiger partial charge in [0, 0.05) is 6.54 Å². The van der Waals surface area contributed by atoms with Gasteiger partial charge in [0.05, 0.1) is 12.1 Å². The van der Waals surface area contributed by atoms with Gasteiger partial charge in [-0.3, -0.25) is 4.79 Å². The van der Waals surface area contributed by atoms with Gasteiger partial charge in [0.2, 0.25) is 5.91 Å². The third-order valence-electron chi connectivity index (χ3n) is 2.98. The van der Waals surface area contributed by atoms with Crippen molar-refractivity contribution < 1.29 is 9.90 Å². The van der Waals surface area contributed by atoms with Crippen LogP contribution in [-0.2, 0) is 4.79 Å². The van der Waals surface area contributed by atoms with E-state index < -0.39 is 12.1 Å². The average molecular weight is 242 g/mol. The zero-order chi connectivity index (χ0) is 13.1. The molecule has 1 aliphatic carbocycles. The topological polar surface area (TPSA) is 75.3 Å². The van der Waals surface area contributed by atoms with Gasteiger partial charge in [-0.1, -0.05) is 33.6 Å². The Morgan fingerprint density at radius 2 is 2.06 bits per heavy atom. The summed E-state index contributed by atoms with van der Waals surface area (Å²) in [5, 5.41) is 12.5. The number of carbonyl (C=O) groups is 1. The summed E-state index contributed by atoms with van der Waals surface area (Å²) in [5.74, 6) is 0.514. The summed E-state index contributed by atoms with van der Waals surface area (Å²) in [6.45, 7) is 6.50. The van der Waals surface area contributed by atoms with E-state index >= 15 is 0 Å². The van der Waals surface area contributed by atoms with Crippen LogP contribution in [0.3, 0.4) is 0 Å². The second-order valence-electron chi connectivity index (χ2n) is 6.45. The van der Waals surface area contributed by atoms with Gasteiger partial charge in [0.15, 0.2) is 0 Å². The van der Waals surface area contributed by atoms with Gasteiger partial charge in [0.25, 0.3) is 0 Å². The molecule has 4 N–H and O–H groups in total. The van der Waals surface area contributed by atoms with Gasteiger partial charge in [-0.05, 0) is 24.2 Å². The van der Waals surface area contributed by atoms with Crippen molar-refractivity contribution in [3.8, 4) is 0 Å². The van der Waals surface area contributed by atoms with Crippen LogP contribution in [0.15, 0.2) is 0 Å². The lowest BCUT2D eigenvalue weighted by Gasteiger charge is -2.23. The quantitative estimate of drug-likeness (QED) is 0.651. The highest BCUT2D eigenvalue weighted by Gasteiger charge is 2.27. The molecule has 1 fully saturated rings. The summed E-state index contributed by atoms with van der Waals surface area (Å²) in [4.78, 5) is 11.6. The highest BCUT2D eigenvalue weighted by molar-refractivity contribution is 5.81. The predicted molar refractivity (Wildman–Crippen MR) is 68.4 cm³/mol. The Labute approximate surface area is 104 Å². The van der Waals surface area contributed by atoms with Gasteiger partial charge >= 0.3 is 0 Å². The van der Waals surface area contributed by atoms with E-state index in [1.165, 1.54) is 12.8 Å². The Bertz CT molecular complexity index is 257. The van der Waals surface area contributed by atoms with Crippen LogP contribution in [0.2, 0.25) is 0 Å². The summed E-state index contributed by atoms with van der Waals surface area (Å²) in [5.41, 5.74) is 5.85. The van der Waals surface area contributed by atoms with E-state index in [0.29, 0.717) is 18.9 Å². The molecule has 0 bridgehead atoms. The van der Waals surface area contributed by atoms with Crippen molar-refractivity contribution in [2.75, 3.05) is 6.54 Å². The summed E-state index contributed by atoms with van der Waals surface area (Å²) >= 11 is 0. The van der Waals surface area contributed by atoms with Gasteiger partial charge in [-0.25, -0.2) is 0 Å². The summed E-state index contributed by atoms with van der Waals surface area (Å²) in [6, 6.07) is -0.413. The number of aliphatic hydroxyl groups is 1. The Kier molecular flexibility index (Phi) is 4.95. The summed E-state index contributed by atoms with van der Waals surface area (Å²) < 4.78 is 0. The summed E-state index contributed by atoms with van der Waals surface area (Å²) in [6.07, 6.45) is 3.36. The molecule has 0 aliphatic heterocycles. The molecule has 0 radical (unpaired) electrons. The van der Waals surface area contributed by atoms with E-state index in [1.54, 1.807) is 0 Å². The fourth-order valence-electron chi connectivity index (χ4n) is 1.95. The molecule has 1 unspecified atom stereocenters. The van der Waals surface area contributed by atoms with Crippen LogP contribution in [0, 0.1) is 11.3 Å². The zero-order valence-corrected chi connectivity index (χ0v) is 11.2. The molecule has 100 valence electrons. The van der Waals surface area contributed by atoms with Crippen LogP contribution in [-0.4, -0.2) is 29.7 Å². The molecule has 1 amide bonds. The number of amides is 1. The molecule has 0 spiro atoms. The number of rotatable bonds is 6. The number of aliphatic hydroxyl groups excluding tert-OH is 1. The molecule has 0 aromatic carbocycles. The first kappa shape index (κ1) is 14.5. The van der Waals surface area contributed by atoms with Crippen molar-refractivity contribution in [2.45, 2.75) is 58.6 Å². The number of nitrogens with two attached hydrogens (primary N) is 1. The van der Waals surface area contributed by atoms with Gasteiger partial charge in [-0.2, -0.15) is 0 Å². The van der Waals surface area contributed by atoms with Crippen LogP contribution in [0.25, 0.3) is 0 Å². The lowest BCUT2D eigenvalue weighted by atomic mass is 9.89. The van der Waals surface area contributed by atoms with E-state index in [2.05, 4.69) is 26.1 Å². The van der Waals surface area contributed by atoms with Crippen LogP contribution in [0.1, 0.15) is 46.5 Å². The highest BCUT2D eigenvalue weighted by atomic mass is 16.3. The maximum absolute atomic E-state index is 11.6. The second kappa shape index (κ2) is 5.83. The number of nitrogens with one attached hydrogen (secondary N) is 1. The number of hydrogen-bond acceptors (Lipinski definition) is 3. The van der Waals surface area contributed by atoms with Gasteiger partial charge in [-0.15, -0.1) is 0 Å². The molecule has 1 saturated carbocycles. The van der Waals surface area contributed by atoms with E-state index in [4.69, 9.17) is 5.73 Å². The fourth-order valence-corrected chi connectivity index (χ4v) is 1.95. The molecule has 4 heteroatoms. The lowest BCUT2D eigenvalue weighted by molar-refractivity contribution is -0.123. The Morgan fingerprint density at radius 1 is 1.47 bits per heavy atom. The second-order valence-corrected chi connectivity index (χ2v) is 6.45. The molecule has 1 aliphatic rings. The third kappa shape index (κ3) is 6.64. The molecular formula is C13H26N2O2. The predicted octanol–water partition coefficient (Wildman–Crippen LogP) is 1.03. The van der Waals surface area contributed by atoms with Crippen molar-refractivity contribution in [3.63, 3.8) is 0 Å². The van der Waals surface area contributed by atoms with Crippen LogP contribution < -0.4 is 11.1 Å². The van der Waals surface area contributed by atoms with E-state index in [0.717, 1.165) is 6.42 Å². The minimum atomic E-state index is -0.493. The molecular weight excluding hydrogens is 216 g/mol. The van der Waals surface area contributed by atoms with Crippen molar-refractivity contribution >= 4 is 5.91 Å². The highest BCUT2D eigenvalue weighted by Crippen LogP contribution is 2.33. The lowest BCUT2D eigenvalue weighted by Crippen LogP contribution is -2.44. The van der Waals surface area contributed by atoms with Crippen molar-refractivity contribution in [1.29, 1.82) is 0 Å². The molecule has 0 aromatic heterocycles. The Balaban J connectivity index is 2.17. The van der Waals surface area contributed by atoms with E-state index in [-0.39, 0.29) is 11.3 Å². The molecule has 1 rings (SSSR count). The number of hydrogen-bond donors (Lipinski definition) is 3. The minimum absolute atomic E-state index is 0.0697. The monoisotopic (exact) mass is 242 g/mol. The van der Waals surface area contributed by atoms with Crippen LogP contribution >= 0.6 is 0 Å². The Hall–Kier alpha value is -0.610. The molecule has 2 atom stereocenters. The minimum Gasteiger partial charge on any atom is -0.391 e. The summed E-state index contributed by atoms with van der Waals surface area (Å²) in [7, 11) is 0. The molecule has 4 nitrogen and oxygen atoms in total. The van der Waals surface area contributed by atoms with Crippen molar-refractivity contribution in [1.82, 2.24) is 5.32 Å². The standard InChI is InChI=1S/C13H26N2O2/c1-13(2,3)7-10(16)8-15-12(17)11(14)6-9-4-5-9/h9-11,16H,4-8,14H2,1-3H3,(H,15,17)/t10?,11-/m0/s1. The maximum atomic E-state index is 11.6. The van der Waals surface area contributed by atoms with Crippen LogP contribution in [0.4, 0.5) is 0 Å². The van der Waals surface area contributed by atoms with Gasteiger partial charge in [0.1, 0.15) is 0 Å². The SMILES string of the molecule is CC(C)(C)CC(O)CNC(=O)[C@@H](N)CC1CC1. The van der Waals surface area contributed by atoms with E-state index in [9.17, 15) is 9.90 Å². The molecule has 0 saturated heterocycles. The first-order valence-electron chi connectivity index (χ1n) is 6.49. The first-order chi connectivity index (χ1) is 7.78.